The third kappa shape index (κ3) is 2.75. The molecule has 0 fully saturated rings. The minimum Gasteiger partial charge on any atom is -0.378 e. The predicted octanol–water partition coefficient (Wildman–Crippen LogP) is 1.20. The molecule has 0 aliphatic heterocycles. The fraction of sp³-hybridized carbons (Fsp3) is 0.154. The molecule has 2 aromatic heterocycles. The summed E-state index contributed by atoms with van der Waals surface area (Å²) in [6.07, 6.45) is 0. The maximum absolute atomic E-state index is 12.4. The number of nitrogen functional groups attached to an aromatic ring is 1. The van der Waals surface area contributed by atoms with E-state index in [0.717, 1.165) is 9.54 Å². The second kappa shape index (κ2) is 5.72. The lowest BCUT2D eigenvalue weighted by atomic mass is 10.1. The molecule has 23 heavy (non-hydrogen) atoms. The number of nitrogens with zero attached hydrogens (tertiary/aromatic N) is 3. The Kier molecular flexibility index (Phi) is 3.74. The van der Waals surface area contributed by atoms with Crippen molar-refractivity contribution in [2.24, 2.45) is 0 Å². The van der Waals surface area contributed by atoms with Crippen molar-refractivity contribution in [3.63, 3.8) is 0 Å². The molecular formula is C13H12N4O5S. The quantitative estimate of drug-likeness (QED) is 0.753. The molecule has 0 spiro atoms. The molecule has 0 radical (unpaired) electrons. The van der Waals surface area contributed by atoms with E-state index in [9.17, 15) is 9.00 Å². The summed E-state index contributed by atoms with van der Waals surface area (Å²) in [6.45, 7) is 3.41. The summed E-state index contributed by atoms with van der Waals surface area (Å²) >= 11 is -2.26. The van der Waals surface area contributed by atoms with Crippen molar-refractivity contribution in [3.8, 4) is 17.1 Å². The number of anilines is 1. The van der Waals surface area contributed by atoms with Gasteiger partial charge in [0.05, 0.1) is 0 Å². The number of aryl methyl sites for hydroxylation is 2. The van der Waals surface area contributed by atoms with E-state index in [0.29, 0.717) is 5.56 Å². The van der Waals surface area contributed by atoms with Gasteiger partial charge < -0.3 is 14.4 Å². The average Bonchev–Trinajstić information content (AvgIpc) is 3.04. The normalized spacial score (nSPS) is 12.3. The standard InChI is InChI=1S/C13H12N4O5S/c1-7-4-3-5-9(6-7)12-16-21-13(18)17(12)23(19)22-10-8(2)20-15-11(10)14/h3-6H,1-2H3,(H2,14,15). The molecule has 1 unspecified atom stereocenters. The third-order valence-electron chi connectivity index (χ3n) is 2.98. The highest BCUT2D eigenvalue weighted by atomic mass is 32.2. The van der Waals surface area contributed by atoms with E-state index in [1.807, 2.05) is 13.0 Å². The van der Waals surface area contributed by atoms with Gasteiger partial charge in [0.25, 0.3) is 0 Å². The van der Waals surface area contributed by atoms with Crippen molar-refractivity contribution in [2.45, 2.75) is 13.8 Å². The molecule has 1 atom stereocenters. The van der Waals surface area contributed by atoms with E-state index in [1.54, 1.807) is 18.2 Å². The second-order valence-electron chi connectivity index (χ2n) is 4.69. The Balaban J connectivity index is 2.02. The van der Waals surface area contributed by atoms with E-state index in [1.165, 1.54) is 6.92 Å². The number of hydrogen-bond donors (Lipinski definition) is 1. The maximum atomic E-state index is 12.4. The first kappa shape index (κ1) is 15.0. The van der Waals surface area contributed by atoms with Crippen molar-refractivity contribution in [1.29, 1.82) is 0 Å². The van der Waals surface area contributed by atoms with Gasteiger partial charge in [0, 0.05) is 12.5 Å². The van der Waals surface area contributed by atoms with Crippen LogP contribution < -0.4 is 15.7 Å². The van der Waals surface area contributed by atoms with Crippen LogP contribution in [-0.2, 0) is 11.3 Å². The van der Waals surface area contributed by atoms with Crippen LogP contribution in [0.1, 0.15) is 11.3 Å². The van der Waals surface area contributed by atoms with Gasteiger partial charge in [0.15, 0.2) is 5.76 Å². The molecule has 9 nitrogen and oxygen atoms in total. The van der Waals surface area contributed by atoms with Crippen molar-refractivity contribution in [3.05, 3.63) is 46.1 Å². The van der Waals surface area contributed by atoms with Crippen LogP contribution in [0.3, 0.4) is 0 Å². The van der Waals surface area contributed by atoms with Crippen LogP contribution in [0.25, 0.3) is 11.4 Å². The van der Waals surface area contributed by atoms with Crippen LogP contribution in [0, 0.1) is 13.8 Å². The van der Waals surface area contributed by atoms with Crippen LogP contribution in [-0.4, -0.2) is 18.5 Å². The first-order valence-corrected chi connectivity index (χ1v) is 7.48. The van der Waals surface area contributed by atoms with Crippen LogP contribution >= 0.6 is 0 Å². The lowest BCUT2D eigenvalue weighted by Gasteiger charge is -2.05. The van der Waals surface area contributed by atoms with Crippen LogP contribution in [0.2, 0.25) is 0 Å². The highest BCUT2D eigenvalue weighted by Crippen LogP contribution is 2.26. The van der Waals surface area contributed by atoms with E-state index in [2.05, 4.69) is 14.8 Å². The number of aromatic nitrogens is 3. The van der Waals surface area contributed by atoms with Crippen molar-refractivity contribution in [2.75, 3.05) is 5.73 Å². The summed E-state index contributed by atoms with van der Waals surface area (Å²) in [4.78, 5) is 11.8. The molecule has 0 bridgehead atoms. The fourth-order valence-corrected chi connectivity index (χ4v) is 2.77. The van der Waals surface area contributed by atoms with Gasteiger partial charge in [-0.25, -0.2) is 4.79 Å². The van der Waals surface area contributed by atoms with Crippen LogP contribution in [0.15, 0.2) is 38.1 Å². The minimum absolute atomic E-state index is 0.00775. The molecule has 3 aromatic rings. The molecule has 120 valence electrons. The van der Waals surface area contributed by atoms with Gasteiger partial charge >= 0.3 is 17.0 Å². The first-order chi connectivity index (χ1) is 11.0. The van der Waals surface area contributed by atoms with Gasteiger partial charge in [-0.05, 0) is 13.0 Å². The predicted molar refractivity (Wildman–Crippen MR) is 80.8 cm³/mol. The molecule has 1 aromatic carbocycles. The average molecular weight is 336 g/mol. The molecule has 0 amide bonds. The molecule has 2 N–H and O–H groups in total. The Hall–Kier alpha value is -2.88. The second-order valence-corrected chi connectivity index (χ2v) is 5.66. The smallest absolute Gasteiger partial charge is 0.378 e. The Morgan fingerprint density at radius 3 is 2.70 bits per heavy atom. The molecule has 10 heteroatoms. The lowest BCUT2D eigenvalue weighted by Crippen LogP contribution is -2.23. The monoisotopic (exact) mass is 336 g/mol. The van der Waals surface area contributed by atoms with Crippen molar-refractivity contribution in [1.82, 2.24) is 14.3 Å². The summed E-state index contributed by atoms with van der Waals surface area (Å²) in [5, 5.41) is 7.14. The topological polar surface area (TPSA) is 126 Å². The van der Waals surface area contributed by atoms with Gasteiger partial charge in [0.2, 0.25) is 17.4 Å². The molecule has 2 heterocycles. The van der Waals surface area contributed by atoms with Crippen LogP contribution in [0.5, 0.6) is 5.75 Å². The summed E-state index contributed by atoms with van der Waals surface area (Å²) in [5.74, 6) is -0.696. The van der Waals surface area contributed by atoms with Gasteiger partial charge in [-0.3, -0.25) is 4.52 Å². The zero-order chi connectivity index (χ0) is 16.6. The van der Waals surface area contributed by atoms with Gasteiger partial charge in [-0.2, -0.15) is 4.21 Å². The van der Waals surface area contributed by atoms with Crippen molar-refractivity contribution >= 4 is 17.1 Å². The third-order valence-corrected chi connectivity index (χ3v) is 3.91. The molecule has 0 saturated heterocycles. The Morgan fingerprint density at radius 1 is 1.26 bits per heavy atom. The Labute approximate surface area is 132 Å². The number of rotatable bonds is 4. The zero-order valence-electron chi connectivity index (χ0n) is 12.2. The Bertz CT molecular complexity index is 922. The number of hydrogen-bond acceptors (Lipinski definition) is 8. The minimum atomic E-state index is -2.26. The van der Waals surface area contributed by atoms with Crippen molar-refractivity contribution < 1.29 is 17.4 Å². The van der Waals surface area contributed by atoms with Gasteiger partial charge in [-0.1, -0.05) is 34.1 Å². The molecule has 0 aliphatic carbocycles. The highest BCUT2D eigenvalue weighted by Gasteiger charge is 2.23. The number of benzene rings is 1. The molecule has 0 saturated carbocycles. The summed E-state index contributed by atoms with van der Waals surface area (Å²) in [7, 11) is 0. The summed E-state index contributed by atoms with van der Waals surface area (Å²) in [5.41, 5.74) is 7.06. The van der Waals surface area contributed by atoms with Gasteiger partial charge in [0.1, 0.15) is 0 Å². The lowest BCUT2D eigenvalue weighted by molar-refractivity contribution is 0.383. The largest absolute Gasteiger partial charge is 0.456 e. The maximum Gasteiger partial charge on any atom is 0.456 e. The van der Waals surface area contributed by atoms with Crippen LogP contribution in [0.4, 0.5) is 5.82 Å². The van der Waals surface area contributed by atoms with E-state index < -0.39 is 17.0 Å². The van der Waals surface area contributed by atoms with E-state index in [4.69, 9.17) is 14.4 Å². The summed E-state index contributed by atoms with van der Waals surface area (Å²) in [6, 6.07) is 7.13. The molecule has 3 rings (SSSR count). The van der Waals surface area contributed by atoms with Gasteiger partial charge in [-0.15, -0.1) is 3.97 Å². The zero-order valence-corrected chi connectivity index (χ0v) is 13.0. The first-order valence-electron chi connectivity index (χ1n) is 6.45. The van der Waals surface area contributed by atoms with E-state index in [-0.39, 0.29) is 23.2 Å². The van der Waals surface area contributed by atoms with E-state index >= 15 is 0 Å². The number of nitrogens with two attached hydrogens (primary N) is 1. The molecular weight excluding hydrogens is 324 g/mol. The SMILES string of the molecule is Cc1cccc(-c2noc(=O)n2S(=O)Oc2c(N)noc2C)c1. The Morgan fingerprint density at radius 2 is 2.04 bits per heavy atom. The summed E-state index contributed by atoms with van der Waals surface area (Å²) < 4.78 is 27.8. The highest BCUT2D eigenvalue weighted by molar-refractivity contribution is 7.79. The fourth-order valence-electron chi connectivity index (χ4n) is 1.92. The molecule has 0 aliphatic rings.